The molecule has 0 bridgehead atoms. The highest BCUT2D eigenvalue weighted by atomic mass is 16.5. The van der Waals surface area contributed by atoms with Crippen LogP contribution in [-0.2, 0) is 5.41 Å². The van der Waals surface area contributed by atoms with E-state index in [0.717, 1.165) is 18.8 Å². The molecule has 2 heteroatoms. The average molecular weight is 264 g/mol. The van der Waals surface area contributed by atoms with E-state index < -0.39 is 0 Å². The standard InChI is InChI=1S/C17H29NO/c1-5-6-12-18-13-7-14-19-16-10-8-15(9-11-16)17(2,3)4/h8-11,18H,5-7,12-14H2,1-4H3/p+1. The molecule has 2 N–H and O–H groups in total. The van der Waals surface area contributed by atoms with Crippen molar-refractivity contribution in [3.05, 3.63) is 29.8 Å². The van der Waals surface area contributed by atoms with Crippen molar-refractivity contribution in [3.63, 3.8) is 0 Å². The topological polar surface area (TPSA) is 25.8 Å². The monoisotopic (exact) mass is 264 g/mol. The summed E-state index contributed by atoms with van der Waals surface area (Å²) in [7, 11) is 0. The minimum Gasteiger partial charge on any atom is -0.493 e. The van der Waals surface area contributed by atoms with Gasteiger partial charge in [-0.2, -0.15) is 0 Å². The Labute approximate surface area is 118 Å². The first-order valence-corrected chi connectivity index (χ1v) is 7.59. The van der Waals surface area contributed by atoms with Gasteiger partial charge < -0.3 is 10.1 Å². The minimum atomic E-state index is 0.215. The highest BCUT2D eigenvalue weighted by molar-refractivity contribution is 5.31. The highest BCUT2D eigenvalue weighted by Crippen LogP contribution is 2.24. The van der Waals surface area contributed by atoms with Gasteiger partial charge in [-0.25, -0.2) is 0 Å². The Morgan fingerprint density at radius 2 is 1.63 bits per heavy atom. The lowest BCUT2D eigenvalue weighted by atomic mass is 9.87. The van der Waals surface area contributed by atoms with E-state index in [2.05, 4.69) is 57.3 Å². The Balaban J connectivity index is 2.20. The van der Waals surface area contributed by atoms with Gasteiger partial charge in [0.05, 0.1) is 19.7 Å². The highest BCUT2D eigenvalue weighted by Gasteiger charge is 2.12. The molecule has 1 aromatic carbocycles. The first-order valence-electron chi connectivity index (χ1n) is 7.59. The van der Waals surface area contributed by atoms with E-state index in [1.54, 1.807) is 0 Å². The second-order valence-corrected chi connectivity index (χ2v) is 6.20. The molecule has 0 amide bonds. The maximum Gasteiger partial charge on any atom is 0.119 e. The van der Waals surface area contributed by atoms with E-state index in [4.69, 9.17) is 4.74 Å². The Hall–Kier alpha value is -1.02. The van der Waals surface area contributed by atoms with Crippen LogP contribution in [0.4, 0.5) is 0 Å². The molecule has 0 radical (unpaired) electrons. The van der Waals surface area contributed by atoms with Crippen LogP contribution in [0.1, 0.15) is 52.5 Å². The molecule has 0 spiro atoms. The Morgan fingerprint density at radius 1 is 1.00 bits per heavy atom. The fourth-order valence-electron chi connectivity index (χ4n) is 1.96. The van der Waals surface area contributed by atoms with Crippen LogP contribution in [0.5, 0.6) is 5.75 Å². The van der Waals surface area contributed by atoms with E-state index in [-0.39, 0.29) is 5.41 Å². The van der Waals surface area contributed by atoms with Gasteiger partial charge in [-0.1, -0.05) is 46.2 Å². The van der Waals surface area contributed by atoms with Crippen molar-refractivity contribution in [2.75, 3.05) is 19.7 Å². The maximum atomic E-state index is 5.76. The molecule has 0 aliphatic carbocycles. The lowest BCUT2D eigenvalue weighted by molar-refractivity contribution is -0.655. The van der Waals surface area contributed by atoms with Gasteiger partial charge in [0, 0.05) is 6.42 Å². The minimum absolute atomic E-state index is 0.215. The summed E-state index contributed by atoms with van der Waals surface area (Å²) in [6.45, 7) is 12.2. The van der Waals surface area contributed by atoms with Crippen molar-refractivity contribution in [1.82, 2.24) is 0 Å². The van der Waals surface area contributed by atoms with Crippen LogP contribution in [0.3, 0.4) is 0 Å². The number of nitrogens with two attached hydrogens (primary N) is 1. The van der Waals surface area contributed by atoms with Crippen LogP contribution >= 0.6 is 0 Å². The van der Waals surface area contributed by atoms with Crippen LogP contribution in [-0.4, -0.2) is 19.7 Å². The molecule has 0 fully saturated rings. The zero-order valence-electron chi connectivity index (χ0n) is 13.0. The number of ether oxygens (including phenoxy) is 1. The fraction of sp³-hybridized carbons (Fsp3) is 0.647. The predicted octanol–water partition coefficient (Wildman–Crippen LogP) is 3.12. The zero-order chi connectivity index (χ0) is 14.1. The molecule has 0 saturated carbocycles. The van der Waals surface area contributed by atoms with Gasteiger partial charge in [0.15, 0.2) is 0 Å². The molecule has 0 heterocycles. The molecule has 0 saturated heterocycles. The van der Waals surface area contributed by atoms with Crippen LogP contribution in [0, 0.1) is 0 Å². The van der Waals surface area contributed by atoms with Crippen molar-refractivity contribution in [2.45, 2.75) is 52.4 Å². The number of hydrogen-bond donors (Lipinski definition) is 1. The molecule has 0 aliphatic rings. The number of unbranched alkanes of at least 4 members (excludes halogenated alkanes) is 1. The van der Waals surface area contributed by atoms with Crippen LogP contribution < -0.4 is 10.1 Å². The fourth-order valence-corrected chi connectivity index (χ4v) is 1.96. The second kappa shape index (κ2) is 8.21. The molecular formula is C17H30NO+. The van der Waals surface area contributed by atoms with Gasteiger partial charge >= 0.3 is 0 Å². The van der Waals surface area contributed by atoms with Crippen molar-refractivity contribution in [2.24, 2.45) is 0 Å². The van der Waals surface area contributed by atoms with Crippen molar-refractivity contribution in [3.8, 4) is 5.75 Å². The molecule has 0 unspecified atom stereocenters. The lowest BCUT2D eigenvalue weighted by Gasteiger charge is -2.19. The summed E-state index contributed by atoms with van der Waals surface area (Å²) in [5.74, 6) is 0.988. The third-order valence-corrected chi connectivity index (χ3v) is 3.30. The SMILES string of the molecule is CCCC[NH2+]CCCOc1ccc(C(C)(C)C)cc1. The molecule has 1 rings (SSSR count). The quantitative estimate of drug-likeness (QED) is 0.717. The van der Waals surface area contributed by atoms with E-state index in [9.17, 15) is 0 Å². The predicted molar refractivity (Wildman–Crippen MR) is 81.8 cm³/mol. The third-order valence-electron chi connectivity index (χ3n) is 3.30. The van der Waals surface area contributed by atoms with Crippen LogP contribution in [0.25, 0.3) is 0 Å². The normalized spacial score (nSPS) is 11.6. The zero-order valence-corrected chi connectivity index (χ0v) is 13.0. The summed E-state index contributed by atoms with van der Waals surface area (Å²) in [5.41, 5.74) is 1.57. The summed E-state index contributed by atoms with van der Waals surface area (Å²) in [6, 6.07) is 8.51. The van der Waals surface area contributed by atoms with Crippen molar-refractivity contribution in [1.29, 1.82) is 0 Å². The summed E-state index contributed by atoms with van der Waals surface area (Å²) in [5, 5.41) is 2.38. The first-order chi connectivity index (χ1) is 9.04. The molecule has 0 atom stereocenters. The molecule has 19 heavy (non-hydrogen) atoms. The summed E-state index contributed by atoms with van der Waals surface area (Å²) < 4.78 is 5.76. The van der Waals surface area contributed by atoms with Crippen LogP contribution in [0.2, 0.25) is 0 Å². The van der Waals surface area contributed by atoms with E-state index in [0.29, 0.717) is 0 Å². The number of quaternary nitrogens is 1. The maximum absolute atomic E-state index is 5.76. The van der Waals surface area contributed by atoms with Gasteiger partial charge in [-0.15, -0.1) is 0 Å². The summed E-state index contributed by atoms with van der Waals surface area (Å²) >= 11 is 0. The largest absolute Gasteiger partial charge is 0.493 e. The molecule has 0 aliphatic heterocycles. The Bertz CT molecular complexity index is 337. The smallest absolute Gasteiger partial charge is 0.119 e. The van der Waals surface area contributed by atoms with Gasteiger partial charge in [-0.3, -0.25) is 0 Å². The van der Waals surface area contributed by atoms with E-state index in [1.165, 1.54) is 31.5 Å². The van der Waals surface area contributed by atoms with Gasteiger partial charge in [-0.05, 0) is 29.5 Å². The summed E-state index contributed by atoms with van der Waals surface area (Å²) in [4.78, 5) is 0. The Kier molecular flexibility index (Phi) is 6.93. The lowest BCUT2D eigenvalue weighted by Crippen LogP contribution is -2.84. The van der Waals surface area contributed by atoms with Gasteiger partial charge in [0.1, 0.15) is 5.75 Å². The number of rotatable bonds is 8. The first kappa shape index (κ1) is 16.0. The molecule has 0 aromatic heterocycles. The Morgan fingerprint density at radius 3 is 2.21 bits per heavy atom. The molecular weight excluding hydrogens is 234 g/mol. The van der Waals surface area contributed by atoms with Crippen molar-refractivity contribution >= 4 is 0 Å². The molecule has 108 valence electrons. The van der Waals surface area contributed by atoms with Crippen LogP contribution in [0.15, 0.2) is 24.3 Å². The van der Waals surface area contributed by atoms with Crippen molar-refractivity contribution < 1.29 is 10.1 Å². The third kappa shape index (κ3) is 6.63. The van der Waals surface area contributed by atoms with Gasteiger partial charge in [0.25, 0.3) is 0 Å². The van der Waals surface area contributed by atoms with Gasteiger partial charge in [0.2, 0.25) is 0 Å². The van der Waals surface area contributed by atoms with E-state index >= 15 is 0 Å². The van der Waals surface area contributed by atoms with E-state index in [1.807, 2.05) is 0 Å². The second-order valence-electron chi connectivity index (χ2n) is 6.20. The number of benzene rings is 1. The molecule has 2 nitrogen and oxygen atoms in total. The number of hydrogen-bond acceptors (Lipinski definition) is 1. The average Bonchev–Trinajstić information content (AvgIpc) is 2.37. The summed E-state index contributed by atoms with van der Waals surface area (Å²) in [6.07, 6.45) is 3.72. The molecule has 1 aromatic rings.